The summed E-state index contributed by atoms with van der Waals surface area (Å²) in [6.45, 7) is 3.80. The van der Waals surface area contributed by atoms with Crippen molar-refractivity contribution in [3.05, 3.63) is 47.5 Å². The van der Waals surface area contributed by atoms with Crippen LogP contribution in [0.4, 0.5) is 0 Å². The molecule has 0 bridgehead atoms. The first-order chi connectivity index (χ1) is 12.3. The van der Waals surface area contributed by atoms with Crippen LogP contribution in [-0.2, 0) is 13.0 Å². The second kappa shape index (κ2) is 7.67. The molecule has 2 atom stereocenters. The zero-order valence-electron chi connectivity index (χ0n) is 14.8. The molecule has 2 aliphatic heterocycles. The Morgan fingerprint density at radius 3 is 2.80 bits per heavy atom. The van der Waals surface area contributed by atoms with E-state index in [1.807, 2.05) is 30.3 Å². The first-order valence-corrected chi connectivity index (χ1v) is 9.68. The molecule has 0 spiro atoms. The average Bonchev–Trinajstić information content (AvgIpc) is 2.91. The first-order valence-electron chi connectivity index (χ1n) is 9.68. The van der Waals surface area contributed by atoms with Crippen molar-refractivity contribution in [3.8, 4) is 0 Å². The Balaban J connectivity index is 1.44. The van der Waals surface area contributed by atoms with Crippen LogP contribution in [0.25, 0.3) is 0 Å². The molecule has 1 aromatic carbocycles. The van der Waals surface area contributed by atoms with Crippen LogP contribution in [0.5, 0.6) is 0 Å². The monoisotopic (exact) mass is 340 g/mol. The highest BCUT2D eigenvalue weighted by atomic mass is 16.3. The topological polar surface area (TPSA) is 54.2 Å². The van der Waals surface area contributed by atoms with Crippen molar-refractivity contribution in [2.45, 2.75) is 57.1 Å². The molecule has 1 aromatic heterocycles. The molecule has 5 heteroatoms. The maximum atomic E-state index is 10.5. The Morgan fingerprint density at radius 2 is 1.92 bits per heavy atom. The minimum atomic E-state index is -0.421. The number of piperidine rings is 1. The molecule has 0 saturated carbocycles. The van der Waals surface area contributed by atoms with Gasteiger partial charge in [-0.1, -0.05) is 36.8 Å². The van der Waals surface area contributed by atoms with Crippen molar-refractivity contribution >= 4 is 0 Å². The normalized spacial score (nSPS) is 23.0. The molecule has 0 unspecified atom stereocenters. The van der Waals surface area contributed by atoms with E-state index in [1.54, 1.807) is 0 Å². The van der Waals surface area contributed by atoms with Crippen molar-refractivity contribution in [1.82, 2.24) is 19.7 Å². The Kier molecular flexibility index (Phi) is 5.13. The number of aliphatic hydroxyl groups is 1. The summed E-state index contributed by atoms with van der Waals surface area (Å²) in [5.41, 5.74) is 1.00. The third-order valence-electron chi connectivity index (χ3n) is 5.62. The summed E-state index contributed by atoms with van der Waals surface area (Å²) in [5, 5.41) is 19.6. The van der Waals surface area contributed by atoms with E-state index in [0.29, 0.717) is 12.5 Å². The fourth-order valence-electron chi connectivity index (χ4n) is 4.27. The van der Waals surface area contributed by atoms with Gasteiger partial charge in [0.2, 0.25) is 0 Å². The molecular weight excluding hydrogens is 312 g/mol. The molecule has 3 heterocycles. The minimum absolute atomic E-state index is 0.421. The Labute approximate surface area is 149 Å². The molecule has 4 rings (SSSR count). The van der Waals surface area contributed by atoms with Crippen molar-refractivity contribution < 1.29 is 5.11 Å². The predicted octanol–water partition coefficient (Wildman–Crippen LogP) is 2.92. The molecule has 5 nitrogen and oxygen atoms in total. The van der Waals surface area contributed by atoms with Gasteiger partial charge in [-0.25, -0.2) is 0 Å². The smallest absolute Gasteiger partial charge is 0.137 e. The number of benzene rings is 1. The average molecular weight is 340 g/mol. The van der Waals surface area contributed by atoms with Gasteiger partial charge < -0.3 is 9.67 Å². The first kappa shape index (κ1) is 16.7. The van der Waals surface area contributed by atoms with Gasteiger partial charge in [0.1, 0.15) is 11.6 Å². The molecular formula is C20H28N4O. The lowest BCUT2D eigenvalue weighted by molar-refractivity contribution is 0.0940. The van der Waals surface area contributed by atoms with E-state index >= 15 is 0 Å². The highest BCUT2D eigenvalue weighted by Gasteiger charge is 2.28. The summed E-state index contributed by atoms with van der Waals surface area (Å²) in [6.07, 6.45) is 6.75. The summed E-state index contributed by atoms with van der Waals surface area (Å²) in [6, 6.07) is 9.98. The van der Waals surface area contributed by atoms with Gasteiger partial charge in [-0.3, -0.25) is 4.90 Å². The van der Waals surface area contributed by atoms with E-state index in [1.165, 1.54) is 37.3 Å². The van der Waals surface area contributed by atoms with E-state index in [4.69, 9.17) is 0 Å². The Bertz CT molecular complexity index is 684. The van der Waals surface area contributed by atoms with Crippen molar-refractivity contribution in [2.24, 2.45) is 0 Å². The van der Waals surface area contributed by atoms with E-state index in [-0.39, 0.29) is 0 Å². The van der Waals surface area contributed by atoms with Gasteiger partial charge in [-0.2, -0.15) is 0 Å². The zero-order valence-corrected chi connectivity index (χ0v) is 14.8. The zero-order chi connectivity index (χ0) is 17.1. The van der Waals surface area contributed by atoms with Gasteiger partial charge in [0.15, 0.2) is 0 Å². The molecule has 1 saturated heterocycles. The van der Waals surface area contributed by atoms with Gasteiger partial charge in [-0.05, 0) is 37.8 Å². The number of hydrogen-bond acceptors (Lipinski definition) is 4. The van der Waals surface area contributed by atoms with Crippen LogP contribution in [0.15, 0.2) is 30.3 Å². The summed E-state index contributed by atoms with van der Waals surface area (Å²) < 4.78 is 2.38. The fraction of sp³-hybridized carbons (Fsp3) is 0.600. The van der Waals surface area contributed by atoms with Crippen LogP contribution in [0.2, 0.25) is 0 Å². The standard InChI is InChI=1S/C20H28N4O/c25-18(16-8-3-1-4-9-16)15-23-12-7-10-17(14-23)20-22-21-19-11-5-2-6-13-24(19)20/h1,3-4,8-9,17-18,25H,2,5-7,10-15H2/t17-,18+/m1/s1. The third-order valence-corrected chi connectivity index (χ3v) is 5.62. The molecule has 0 amide bonds. The van der Waals surface area contributed by atoms with E-state index in [9.17, 15) is 5.11 Å². The number of aryl methyl sites for hydroxylation is 1. The molecule has 0 aliphatic carbocycles. The Hall–Kier alpha value is -1.72. The third kappa shape index (κ3) is 3.77. The largest absolute Gasteiger partial charge is 0.387 e. The summed E-state index contributed by atoms with van der Waals surface area (Å²) in [4.78, 5) is 2.39. The van der Waals surface area contributed by atoms with Crippen molar-refractivity contribution in [3.63, 3.8) is 0 Å². The lowest BCUT2D eigenvalue weighted by Crippen LogP contribution is -2.38. The molecule has 1 N–H and O–H groups in total. The van der Waals surface area contributed by atoms with Crippen LogP contribution in [0, 0.1) is 0 Å². The second-order valence-corrected chi connectivity index (χ2v) is 7.46. The summed E-state index contributed by atoms with van der Waals surface area (Å²) >= 11 is 0. The number of hydrogen-bond donors (Lipinski definition) is 1. The van der Waals surface area contributed by atoms with Gasteiger partial charge >= 0.3 is 0 Å². The molecule has 134 valence electrons. The predicted molar refractivity (Wildman–Crippen MR) is 97.4 cm³/mol. The summed E-state index contributed by atoms with van der Waals surface area (Å²) in [5.74, 6) is 2.79. The lowest BCUT2D eigenvalue weighted by atomic mass is 9.96. The molecule has 25 heavy (non-hydrogen) atoms. The lowest BCUT2D eigenvalue weighted by Gasteiger charge is -2.33. The number of nitrogens with zero attached hydrogens (tertiary/aromatic N) is 4. The number of likely N-dealkylation sites (tertiary alicyclic amines) is 1. The van der Waals surface area contributed by atoms with E-state index in [0.717, 1.165) is 38.0 Å². The number of aliphatic hydroxyl groups excluding tert-OH is 1. The molecule has 2 aromatic rings. The number of aromatic nitrogens is 3. The van der Waals surface area contributed by atoms with Gasteiger partial charge in [0.25, 0.3) is 0 Å². The fourth-order valence-corrected chi connectivity index (χ4v) is 4.27. The van der Waals surface area contributed by atoms with Gasteiger partial charge in [0, 0.05) is 32.0 Å². The quantitative estimate of drug-likeness (QED) is 0.930. The van der Waals surface area contributed by atoms with Crippen LogP contribution in [0.1, 0.15) is 61.3 Å². The maximum Gasteiger partial charge on any atom is 0.137 e. The van der Waals surface area contributed by atoms with E-state index in [2.05, 4.69) is 19.7 Å². The molecule has 2 aliphatic rings. The van der Waals surface area contributed by atoms with Crippen molar-refractivity contribution in [1.29, 1.82) is 0 Å². The number of β-amino-alcohol motifs (C(OH)–C–C–N with tert-alkyl or cyclic N) is 1. The summed E-state index contributed by atoms with van der Waals surface area (Å²) in [7, 11) is 0. The van der Waals surface area contributed by atoms with Gasteiger partial charge in [0.05, 0.1) is 6.10 Å². The van der Waals surface area contributed by atoms with Crippen LogP contribution in [-0.4, -0.2) is 44.4 Å². The van der Waals surface area contributed by atoms with Crippen LogP contribution in [0.3, 0.4) is 0 Å². The van der Waals surface area contributed by atoms with Crippen molar-refractivity contribution in [2.75, 3.05) is 19.6 Å². The highest BCUT2D eigenvalue weighted by Crippen LogP contribution is 2.29. The second-order valence-electron chi connectivity index (χ2n) is 7.46. The maximum absolute atomic E-state index is 10.5. The number of rotatable bonds is 4. The Morgan fingerprint density at radius 1 is 1.04 bits per heavy atom. The number of fused-ring (bicyclic) bond motifs is 1. The highest BCUT2D eigenvalue weighted by molar-refractivity contribution is 5.17. The minimum Gasteiger partial charge on any atom is -0.387 e. The van der Waals surface area contributed by atoms with E-state index < -0.39 is 6.10 Å². The SMILES string of the molecule is O[C@@H](CN1CCC[C@@H](c2nnc3n2CCCCC3)C1)c1ccccc1. The molecule has 0 radical (unpaired) electrons. The van der Waals surface area contributed by atoms with Gasteiger partial charge in [-0.15, -0.1) is 10.2 Å². The molecule has 1 fully saturated rings. The van der Waals surface area contributed by atoms with Crippen LogP contribution >= 0.6 is 0 Å². The van der Waals surface area contributed by atoms with Crippen LogP contribution < -0.4 is 0 Å².